The van der Waals surface area contributed by atoms with Crippen molar-refractivity contribution in [3.05, 3.63) is 76.1 Å². The van der Waals surface area contributed by atoms with Crippen molar-refractivity contribution in [1.29, 1.82) is 0 Å². The van der Waals surface area contributed by atoms with E-state index in [1.165, 1.54) is 11.0 Å². The quantitative estimate of drug-likeness (QED) is 0.553. The minimum absolute atomic E-state index is 0.146. The van der Waals surface area contributed by atoms with E-state index in [0.717, 1.165) is 17.7 Å². The molecular weight excluding hydrogens is 451 g/mol. The number of nitrogens with zero attached hydrogens (tertiary/aromatic N) is 1. The molecule has 178 valence electrons. The first-order chi connectivity index (χ1) is 16.1. The van der Waals surface area contributed by atoms with Gasteiger partial charge in [-0.3, -0.25) is 9.59 Å². The first-order valence-corrected chi connectivity index (χ1v) is 10.7. The molecule has 3 aromatic rings. The second kappa shape index (κ2) is 9.30. The van der Waals surface area contributed by atoms with Gasteiger partial charge in [-0.2, -0.15) is 13.2 Å². The molecule has 2 aromatic carbocycles. The zero-order valence-electron chi connectivity index (χ0n) is 18.0. The molecule has 2 atom stereocenters. The Morgan fingerprint density at radius 3 is 2.59 bits per heavy atom. The van der Waals surface area contributed by atoms with Gasteiger partial charge in [0.25, 0.3) is 0 Å². The van der Waals surface area contributed by atoms with Crippen molar-refractivity contribution in [3.8, 4) is 0 Å². The van der Waals surface area contributed by atoms with E-state index in [9.17, 15) is 27.6 Å². The normalized spacial score (nSPS) is 17.1. The minimum atomic E-state index is -4.73. The lowest BCUT2D eigenvalue weighted by Crippen LogP contribution is -2.50. The molecular formula is C24H22F3N3O4. The maximum atomic E-state index is 13.2. The first kappa shape index (κ1) is 23.5. The van der Waals surface area contributed by atoms with E-state index in [0.29, 0.717) is 31.9 Å². The van der Waals surface area contributed by atoms with E-state index in [1.807, 2.05) is 30.3 Å². The second-order valence-electron chi connectivity index (χ2n) is 8.16. The Morgan fingerprint density at radius 2 is 1.88 bits per heavy atom. The molecule has 0 spiro atoms. The van der Waals surface area contributed by atoms with E-state index in [-0.39, 0.29) is 22.6 Å². The third kappa shape index (κ3) is 4.96. The van der Waals surface area contributed by atoms with Crippen molar-refractivity contribution in [2.45, 2.75) is 37.5 Å². The fourth-order valence-electron chi connectivity index (χ4n) is 4.17. The van der Waals surface area contributed by atoms with Crippen LogP contribution in [0, 0.1) is 0 Å². The number of benzene rings is 2. The lowest BCUT2D eigenvalue weighted by molar-refractivity contribution is -0.137. The number of amides is 2. The summed E-state index contributed by atoms with van der Waals surface area (Å²) in [6.07, 6.45) is -3.36. The zero-order chi connectivity index (χ0) is 24.5. The summed E-state index contributed by atoms with van der Waals surface area (Å²) < 4.78 is 44.6. The topological polar surface area (TPSA) is 106 Å². The highest BCUT2D eigenvalue weighted by atomic mass is 19.4. The molecule has 0 radical (unpaired) electrons. The fourth-order valence-corrected chi connectivity index (χ4v) is 4.17. The van der Waals surface area contributed by atoms with Crippen LogP contribution in [-0.4, -0.2) is 35.3 Å². The molecule has 1 saturated heterocycles. The summed E-state index contributed by atoms with van der Waals surface area (Å²) in [6, 6.07) is 11.7. The molecule has 2 heterocycles. The Kier molecular flexibility index (Phi) is 6.43. The van der Waals surface area contributed by atoms with Crippen molar-refractivity contribution in [1.82, 2.24) is 4.90 Å². The summed E-state index contributed by atoms with van der Waals surface area (Å²) in [6.45, 7) is 0.376. The molecule has 1 aliphatic rings. The summed E-state index contributed by atoms with van der Waals surface area (Å²) >= 11 is 0. The molecule has 0 saturated carbocycles. The van der Waals surface area contributed by atoms with Crippen LogP contribution in [-0.2, 0) is 22.2 Å². The molecule has 34 heavy (non-hydrogen) atoms. The minimum Gasteiger partial charge on any atom is -0.423 e. The summed E-state index contributed by atoms with van der Waals surface area (Å²) in [5.74, 6) is -0.840. The van der Waals surface area contributed by atoms with Crippen LogP contribution < -0.4 is 16.7 Å². The van der Waals surface area contributed by atoms with Crippen LogP contribution in [0.1, 0.15) is 24.0 Å². The summed E-state index contributed by atoms with van der Waals surface area (Å²) in [5.41, 5.74) is 4.59. The molecule has 10 heteroatoms. The molecule has 3 N–H and O–H groups in total. The van der Waals surface area contributed by atoms with E-state index >= 15 is 0 Å². The summed E-state index contributed by atoms with van der Waals surface area (Å²) in [7, 11) is 0. The Bertz CT molecular complexity index is 1270. The highest BCUT2D eigenvalue weighted by Crippen LogP contribution is 2.34. The van der Waals surface area contributed by atoms with Gasteiger partial charge >= 0.3 is 11.8 Å². The highest BCUT2D eigenvalue weighted by molar-refractivity contribution is 5.99. The maximum absolute atomic E-state index is 13.2. The van der Waals surface area contributed by atoms with Crippen molar-refractivity contribution in [2.24, 2.45) is 5.73 Å². The highest BCUT2D eigenvalue weighted by Gasteiger charge is 2.37. The van der Waals surface area contributed by atoms with Gasteiger partial charge in [0.2, 0.25) is 11.8 Å². The van der Waals surface area contributed by atoms with Gasteiger partial charge in [0, 0.05) is 29.8 Å². The molecule has 1 aliphatic heterocycles. The van der Waals surface area contributed by atoms with Gasteiger partial charge in [-0.1, -0.05) is 30.3 Å². The number of halogens is 3. The van der Waals surface area contributed by atoms with Crippen molar-refractivity contribution in [2.75, 3.05) is 11.9 Å². The number of likely N-dealkylation sites (tertiary alicyclic amines) is 1. The van der Waals surface area contributed by atoms with Crippen LogP contribution >= 0.6 is 0 Å². The number of carbonyl (C=O) groups is 2. The number of anilines is 1. The van der Waals surface area contributed by atoms with E-state index in [2.05, 4.69) is 5.32 Å². The molecule has 1 fully saturated rings. The van der Waals surface area contributed by atoms with Crippen LogP contribution in [0.4, 0.5) is 18.9 Å². The van der Waals surface area contributed by atoms with Gasteiger partial charge in [0.05, 0.1) is 11.6 Å². The average molecular weight is 473 g/mol. The third-order valence-corrected chi connectivity index (χ3v) is 5.77. The second-order valence-corrected chi connectivity index (χ2v) is 8.16. The molecule has 4 rings (SSSR count). The largest absolute Gasteiger partial charge is 0.423 e. The number of carbonyl (C=O) groups excluding carboxylic acids is 2. The van der Waals surface area contributed by atoms with Crippen LogP contribution in [0.5, 0.6) is 0 Å². The number of nitrogens with two attached hydrogens (primary N) is 1. The molecule has 7 nitrogen and oxygen atoms in total. The lowest BCUT2D eigenvalue weighted by atomic mass is 10.1. The molecule has 0 aliphatic carbocycles. The Morgan fingerprint density at radius 1 is 1.15 bits per heavy atom. The molecule has 1 aromatic heterocycles. The van der Waals surface area contributed by atoms with Crippen molar-refractivity contribution in [3.63, 3.8) is 0 Å². The van der Waals surface area contributed by atoms with Crippen molar-refractivity contribution >= 4 is 28.5 Å². The van der Waals surface area contributed by atoms with E-state index in [1.54, 1.807) is 0 Å². The van der Waals surface area contributed by atoms with Crippen LogP contribution in [0.2, 0.25) is 0 Å². The first-order valence-electron chi connectivity index (χ1n) is 10.7. The van der Waals surface area contributed by atoms with E-state index < -0.39 is 35.4 Å². The number of hydrogen-bond acceptors (Lipinski definition) is 5. The van der Waals surface area contributed by atoms with Gasteiger partial charge < -0.3 is 20.4 Å². The zero-order valence-corrected chi connectivity index (χ0v) is 18.0. The SMILES string of the molecule is NC(Cc1ccccc1)C(=O)N1CCCC1C(=O)Nc1ccc2c(C(F)(F)F)cc(=O)oc2c1. The van der Waals surface area contributed by atoms with Crippen LogP contribution in [0.25, 0.3) is 11.0 Å². The Hall–Kier alpha value is -3.66. The Labute approximate surface area is 192 Å². The standard InChI is InChI=1S/C24H22F3N3O4/c25-24(26,27)17-13-21(31)34-20-12-15(8-9-16(17)20)29-22(32)19-7-4-10-30(19)23(33)18(28)11-14-5-2-1-3-6-14/h1-3,5-6,8-9,12-13,18-19H,4,7,10-11,28H2,(H,29,32). The number of fused-ring (bicyclic) bond motifs is 1. The fraction of sp³-hybridized carbons (Fsp3) is 0.292. The number of nitrogens with one attached hydrogen (secondary N) is 1. The van der Waals surface area contributed by atoms with Gasteiger partial charge in [-0.15, -0.1) is 0 Å². The molecule has 0 bridgehead atoms. The maximum Gasteiger partial charge on any atom is 0.417 e. The monoisotopic (exact) mass is 473 g/mol. The van der Waals surface area contributed by atoms with Crippen molar-refractivity contribution < 1.29 is 27.2 Å². The summed E-state index contributed by atoms with van der Waals surface area (Å²) in [5, 5.41) is 2.31. The van der Waals surface area contributed by atoms with Crippen LogP contribution in [0.15, 0.2) is 63.8 Å². The average Bonchev–Trinajstić information content (AvgIpc) is 3.28. The van der Waals surface area contributed by atoms with Gasteiger partial charge in [0.1, 0.15) is 11.6 Å². The van der Waals surface area contributed by atoms with Crippen LogP contribution in [0.3, 0.4) is 0 Å². The predicted molar refractivity (Wildman–Crippen MR) is 119 cm³/mol. The van der Waals surface area contributed by atoms with Gasteiger partial charge in [0.15, 0.2) is 0 Å². The molecule has 2 unspecified atom stereocenters. The Balaban J connectivity index is 1.50. The lowest BCUT2D eigenvalue weighted by Gasteiger charge is -2.26. The van der Waals surface area contributed by atoms with E-state index in [4.69, 9.17) is 10.2 Å². The smallest absolute Gasteiger partial charge is 0.417 e. The number of alkyl halides is 3. The third-order valence-electron chi connectivity index (χ3n) is 5.77. The van der Waals surface area contributed by atoms with Gasteiger partial charge in [-0.25, -0.2) is 4.79 Å². The molecule has 2 amide bonds. The number of rotatable bonds is 5. The summed E-state index contributed by atoms with van der Waals surface area (Å²) in [4.78, 5) is 38.9. The predicted octanol–water partition coefficient (Wildman–Crippen LogP) is 3.31. The van der Waals surface area contributed by atoms with Gasteiger partial charge in [-0.05, 0) is 37.0 Å². The number of hydrogen-bond donors (Lipinski definition) is 2.